The molecule has 0 fully saturated rings. The van der Waals surface area contributed by atoms with Crippen LogP contribution in [-0.4, -0.2) is 34.1 Å². The minimum absolute atomic E-state index is 0.235. The molecule has 4 aromatic carbocycles. The summed E-state index contributed by atoms with van der Waals surface area (Å²) in [5.74, 6) is -0.890. The smallest absolute Gasteiger partial charge is 0.322 e. The van der Waals surface area contributed by atoms with Crippen molar-refractivity contribution in [2.75, 3.05) is 22.1 Å². The summed E-state index contributed by atoms with van der Waals surface area (Å²) in [5.41, 5.74) is 5.49. The van der Waals surface area contributed by atoms with Gasteiger partial charge in [0.05, 0.1) is 6.10 Å². The number of nitrogens with one attached hydrogen (secondary N) is 2. The summed E-state index contributed by atoms with van der Waals surface area (Å²) in [7, 11) is -4.80. The van der Waals surface area contributed by atoms with Crippen LogP contribution in [0.4, 0.5) is 17.1 Å². The van der Waals surface area contributed by atoms with E-state index in [1.807, 2.05) is 19.1 Å². The highest BCUT2D eigenvalue weighted by molar-refractivity contribution is 7.46. The molecular formula is C34H33ClN3O7P. The zero-order valence-electron chi connectivity index (χ0n) is 25.4. The number of phosphoric ester groups is 1. The molecule has 10 nitrogen and oxygen atoms in total. The molecule has 0 spiro atoms. The lowest BCUT2D eigenvalue weighted by molar-refractivity contribution is 0.0983. The van der Waals surface area contributed by atoms with Crippen molar-refractivity contribution >= 4 is 54.2 Å². The number of phosphoric acid groups is 1. The Labute approximate surface area is 271 Å². The average Bonchev–Trinajstić information content (AvgIpc) is 3.15. The van der Waals surface area contributed by atoms with Gasteiger partial charge in [-0.05, 0) is 111 Å². The molecule has 4 aromatic rings. The second-order valence-electron chi connectivity index (χ2n) is 11.2. The molecule has 1 atom stereocenters. The Morgan fingerprint density at radius 3 is 1.98 bits per heavy atom. The van der Waals surface area contributed by atoms with Gasteiger partial charge in [0.2, 0.25) is 0 Å². The van der Waals surface area contributed by atoms with E-state index in [2.05, 4.69) is 10.6 Å². The average molecular weight is 662 g/mol. The highest BCUT2D eigenvalue weighted by atomic mass is 35.5. The largest absolute Gasteiger partial charge is 0.470 e. The summed E-state index contributed by atoms with van der Waals surface area (Å²) in [6, 6.07) is 22.1. The van der Waals surface area contributed by atoms with Gasteiger partial charge in [-0.15, -0.1) is 0 Å². The molecule has 5 rings (SSSR count). The number of benzene rings is 4. The minimum Gasteiger partial charge on any atom is -0.322 e. The Balaban J connectivity index is 1.31. The predicted octanol–water partition coefficient (Wildman–Crippen LogP) is 7.36. The van der Waals surface area contributed by atoms with Crippen molar-refractivity contribution in [2.45, 2.75) is 39.7 Å². The number of nitrogens with zero attached hydrogens (tertiary/aromatic N) is 1. The Morgan fingerprint density at radius 1 is 0.804 bits per heavy atom. The number of anilines is 3. The van der Waals surface area contributed by atoms with Crippen molar-refractivity contribution in [3.63, 3.8) is 0 Å². The monoisotopic (exact) mass is 661 g/mol. The van der Waals surface area contributed by atoms with Crippen molar-refractivity contribution in [3.8, 4) is 0 Å². The van der Waals surface area contributed by atoms with Crippen LogP contribution in [0, 0.1) is 20.8 Å². The number of fused-ring (bicyclic) bond motifs is 1. The first-order valence-corrected chi connectivity index (χ1v) is 16.5. The number of hydrogen-bond donors (Lipinski definition) is 4. The molecule has 1 aliphatic heterocycles. The molecule has 1 heterocycles. The second-order valence-corrected chi connectivity index (χ2v) is 12.8. The molecule has 12 heteroatoms. The second kappa shape index (κ2) is 13.6. The summed E-state index contributed by atoms with van der Waals surface area (Å²) >= 11 is 6.20. The van der Waals surface area contributed by atoms with Crippen LogP contribution >= 0.6 is 19.4 Å². The fourth-order valence-electron chi connectivity index (χ4n) is 5.57. The highest BCUT2D eigenvalue weighted by Gasteiger charge is 2.32. The standard InChI is InChI=1S/C34H33ClN3O7P/c1-20-7-4-5-8-26(20)32(39)36-24-11-13-27(21(2)17-24)33(40)37-25-12-14-28(22(3)18-25)34(41)38-16-6-9-31(45-46(42,43)44)29-19-23(35)10-15-30(29)38/h4-5,7-8,10-15,17-19,31H,6,9,16H2,1-3H3,(H,36,39)(H,37,40)(H2,42,43,44)/t31-/m1/s1. The van der Waals surface area contributed by atoms with E-state index in [1.54, 1.807) is 85.5 Å². The fourth-order valence-corrected chi connectivity index (χ4v) is 6.30. The van der Waals surface area contributed by atoms with Gasteiger partial charge in [0, 0.05) is 50.9 Å². The number of rotatable bonds is 7. The zero-order chi connectivity index (χ0) is 33.2. The summed E-state index contributed by atoms with van der Waals surface area (Å²) in [4.78, 5) is 60.2. The van der Waals surface area contributed by atoms with E-state index in [0.717, 1.165) is 5.56 Å². The van der Waals surface area contributed by atoms with Gasteiger partial charge in [-0.1, -0.05) is 29.8 Å². The normalized spacial score (nSPS) is 14.7. The van der Waals surface area contributed by atoms with E-state index in [9.17, 15) is 28.7 Å². The molecule has 0 aliphatic carbocycles. The summed E-state index contributed by atoms with van der Waals surface area (Å²) in [6.07, 6.45) is -0.220. The van der Waals surface area contributed by atoms with Crippen molar-refractivity contribution in [2.24, 2.45) is 0 Å². The molecule has 3 amide bonds. The van der Waals surface area contributed by atoms with Gasteiger partial charge in [-0.25, -0.2) is 4.57 Å². The van der Waals surface area contributed by atoms with Gasteiger partial charge in [0.15, 0.2) is 0 Å². The number of amides is 3. The van der Waals surface area contributed by atoms with E-state index >= 15 is 0 Å². The molecule has 238 valence electrons. The zero-order valence-corrected chi connectivity index (χ0v) is 27.1. The number of halogens is 1. The molecule has 0 saturated carbocycles. The van der Waals surface area contributed by atoms with Crippen molar-refractivity contribution < 1.29 is 33.3 Å². The maximum absolute atomic E-state index is 13.8. The quantitative estimate of drug-likeness (QED) is 0.151. The van der Waals surface area contributed by atoms with Gasteiger partial charge < -0.3 is 25.3 Å². The summed E-state index contributed by atoms with van der Waals surface area (Å²) in [5, 5.41) is 6.11. The topological polar surface area (TPSA) is 145 Å². The van der Waals surface area contributed by atoms with Gasteiger partial charge in [0.1, 0.15) is 0 Å². The third-order valence-corrected chi connectivity index (χ3v) is 8.58. The van der Waals surface area contributed by atoms with E-state index in [-0.39, 0.29) is 24.1 Å². The molecule has 0 radical (unpaired) electrons. The third kappa shape index (κ3) is 7.55. The summed E-state index contributed by atoms with van der Waals surface area (Å²) in [6.45, 7) is 5.71. The van der Waals surface area contributed by atoms with Gasteiger partial charge in [-0.2, -0.15) is 0 Å². The van der Waals surface area contributed by atoms with Gasteiger partial charge in [-0.3, -0.25) is 18.9 Å². The highest BCUT2D eigenvalue weighted by Crippen LogP contribution is 2.47. The van der Waals surface area contributed by atoms with E-state index < -0.39 is 13.9 Å². The van der Waals surface area contributed by atoms with Gasteiger partial charge in [0.25, 0.3) is 17.7 Å². The molecule has 46 heavy (non-hydrogen) atoms. The maximum atomic E-state index is 13.8. The first kappa shape index (κ1) is 33.1. The van der Waals surface area contributed by atoms with E-state index in [1.165, 1.54) is 0 Å². The van der Waals surface area contributed by atoms with Crippen LogP contribution in [0.2, 0.25) is 5.02 Å². The van der Waals surface area contributed by atoms with E-state index in [0.29, 0.717) is 68.4 Å². The Bertz CT molecular complexity index is 1890. The van der Waals surface area contributed by atoms with Crippen LogP contribution in [0.3, 0.4) is 0 Å². The predicted molar refractivity (Wildman–Crippen MR) is 178 cm³/mol. The van der Waals surface area contributed by atoms with Crippen LogP contribution in [0.25, 0.3) is 0 Å². The first-order chi connectivity index (χ1) is 21.8. The van der Waals surface area contributed by atoms with E-state index in [4.69, 9.17) is 16.1 Å². The van der Waals surface area contributed by atoms with Crippen LogP contribution in [0.5, 0.6) is 0 Å². The Morgan fingerprint density at radius 2 is 1.39 bits per heavy atom. The number of hydrogen-bond acceptors (Lipinski definition) is 5. The molecule has 0 bridgehead atoms. The lowest BCUT2D eigenvalue weighted by Crippen LogP contribution is -2.32. The van der Waals surface area contributed by atoms with Crippen molar-refractivity contribution in [1.82, 2.24) is 0 Å². The lowest BCUT2D eigenvalue weighted by Gasteiger charge is -2.25. The maximum Gasteiger partial charge on any atom is 0.470 e. The van der Waals surface area contributed by atoms with Crippen LogP contribution in [0.1, 0.15) is 72.3 Å². The molecule has 0 unspecified atom stereocenters. The first-order valence-electron chi connectivity index (χ1n) is 14.6. The molecule has 0 saturated heterocycles. The van der Waals surface area contributed by atoms with Crippen LogP contribution in [0.15, 0.2) is 78.9 Å². The molecule has 0 aromatic heterocycles. The molecule has 1 aliphatic rings. The fraction of sp³-hybridized carbons (Fsp3) is 0.206. The number of aryl methyl sites for hydroxylation is 3. The lowest BCUT2D eigenvalue weighted by atomic mass is 10.0. The molecule has 4 N–H and O–H groups in total. The van der Waals surface area contributed by atoms with Crippen molar-refractivity contribution in [3.05, 3.63) is 123 Å². The minimum atomic E-state index is -4.80. The molecular weight excluding hydrogens is 629 g/mol. The summed E-state index contributed by atoms with van der Waals surface area (Å²) < 4.78 is 16.7. The third-order valence-electron chi connectivity index (χ3n) is 7.82. The SMILES string of the molecule is Cc1ccccc1C(=O)Nc1ccc(C(=O)Nc2ccc(C(=O)N3CCC[C@@H](OP(=O)(O)O)c4cc(Cl)ccc43)c(C)c2)c(C)c1. The number of carbonyl (C=O) groups is 3. The van der Waals surface area contributed by atoms with Gasteiger partial charge >= 0.3 is 7.82 Å². The van der Waals surface area contributed by atoms with Crippen molar-refractivity contribution in [1.29, 1.82) is 0 Å². The van der Waals surface area contributed by atoms with Crippen LogP contribution < -0.4 is 15.5 Å². The van der Waals surface area contributed by atoms with Crippen LogP contribution in [-0.2, 0) is 9.09 Å². The number of carbonyl (C=O) groups excluding carboxylic acids is 3. The Hall–Kier alpha value is -4.31. The Kier molecular flexibility index (Phi) is 9.76.